The number of piperidine rings is 1. The summed E-state index contributed by atoms with van der Waals surface area (Å²) in [5.41, 5.74) is 2.24. The van der Waals surface area contributed by atoms with Crippen LogP contribution in [0.25, 0.3) is 0 Å². The fourth-order valence-electron chi connectivity index (χ4n) is 3.97. The zero-order chi connectivity index (χ0) is 25.2. The Kier molecular flexibility index (Phi) is 7.48. The number of nitrogens with zero attached hydrogens (tertiary/aromatic N) is 4. The molecular weight excluding hydrogens is 490 g/mol. The summed E-state index contributed by atoms with van der Waals surface area (Å²) < 4.78 is 32.6. The Labute approximate surface area is 210 Å². The molecule has 4 rings (SSSR count). The van der Waals surface area contributed by atoms with Gasteiger partial charge in [0.1, 0.15) is 10.8 Å². The van der Waals surface area contributed by atoms with Crippen molar-refractivity contribution in [1.82, 2.24) is 25.1 Å². The first-order valence-corrected chi connectivity index (χ1v) is 13.3. The van der Waals surface area contributed by atoms with Crippen LogP contribution in [0.5, 0.6) is 5.75 Å². The van der Waals surface area contributed by atoms with Crippen molar-refractivity contribution in [2.45, 2.75) is 42.9 Å². The van der Waals surface area contributed by atoms with Gasteiger partial charge in [-0.1, -0.05) is 17.7 Å². The SMILES string of the molecule is COc1cc(C2CCNCC2)ccc1Nc1ncc(Cl)c(Nc2cn(C)nc2S(=O)(=O)C(C)C)n1. The minimum absolute atomic E-state index is 0.0608. The number of methoxy groups -OCH3 is 1. The lowest BCUT2D eigenvalue weighted by Gasteiger charge is -2.24. The van der Waals surface area contributed by atoms with Crippen molar-refractivity contribution in [3.05, 3.63) is 41.2 Å². The highest BCUT2D eigenvalue weighted by Gasteiger charge is 2.27. The lowest BCUT2D eigenvalue weighted by molar-refractivity contribution is 0.413. The molecule has 3 heterocycles. The minimum Gasteiger partial charge on any atom is -0.495 e. The number of hydrogen-bond donors (Lipinski definition) is 3. The molecule has 1 aliphatic heterocycles. The molecule has 0 unspecified atom stereocenters. The van der Waals surface area contributed by atoms with Gasteiger partial charge >= 0.3 is 0 Å². The van der Waals surface area contributed by atoms with Crippen molar-refractivity contribution < 1.29 is 13.2 Å². The third-order valence-electron chi connectivity index (χ3n) is 5.96. The van der Waals surface area contributed by atoms with E-state index >= 15 is 0 Å². The van der Waals surface area contributed by atoms with Crippen LogP contribution in [-0.4, -0.2) is 53.6 Å². The molecule has 1 saturated heterocycles. The molecule has 0 bridgehead atoms. The molecule has 0 radical (unpaired) electrons. The van der Waals surface area contributed by atoms with E-state index in [1.54, 1.807) is 34.2 Å². The second kappa shape index (κ2) is 10.4. The molecule has 0 aliphatic carbocycles. The number of hydrogen-bond acceptors (Lipinski definition) is 9. The number of nitrogens with one attached hydrogen (secondary N) is 3. The van der Waals surface area contributed by atoms with Gasteiger partial charge in [-0.25, -0.2) is 13.4 Å². The van der Waals surface area contributed by atoms with Gasteiger partial charge in [0.05, 0.1) is 29.9 Å². The summed E-state index contributed by atoms with van der Waals surface area (Å²) >= 11 is 6.33. The average Bonchev–Trinajstić information content (AvgIpc) is 3.22. The Morgan fingerprint density at radius 1 is 1.20 bits per heavy atom. The van der Waals surface area contributed by atoms with E-state index in [9.17, 15) is 8.42 Å². The molecule has 1 aliphatic rings. The van der Waals surface area contributed by atoms with E-state index < -0.39 is 15.1 Å². The van der Waals surface area contributed by atoms with Crippen LogP contribution in [0.15, 0.2) is 35.6 Å². The second-order valence-electron chi connectivity index (χ2n) is 8.74. The highest BCUT2D eigenvalue weighted by atomic mass is 35.5. The maximum absolute atomic E-state index is 12.8. The Morgan fingerprint density at radius 2 is 1.94 bits per heavy atom. The highest BCUT2D eigenvalue weighted by molar-refractivity contribution is 7.92. The van der Waals surface area contributed by atoms with Crippen LogP contribution in [-0.2, 0) is 16.9 Å². The molecule has 188 valence electrons. The maximum Gasteiger partial charge on any atom is 0.229 e. The molecule has 1 aromatic carbocycles. The van der Waals surface area contributed by atoms with Gasteiger partial charge < -0.3 is 20.7 Å². The lowest BCUT2D eigenvalue weighted by atomic mass is 9.90. The molecule has 3 N–H and O–H groups in total. The van der Waals surface area contributed by atoms with Crippen molar-refractivity contribution in [1.29, 1.82) is 0 Å². The van der Waals surface area contributed by atoms with Crippen molar-refractivity contribution in [2.75, 3.05) is 30.8 Å². The molecule has 0 amide bonds. The monoisotopic (exact) mass is 519 g/mol. The van der Waals surface area contributed by atoms with Gasteiger partial charge in [0, 0.05) is 13.2 Å². The van der Waals surface area contributed by atoms with Crippen LogP contribution in [0.4, 0.5) is 23.1 Å². The molecule has 10 nitrogen and oxygen atoms in total. The number of rotatable bonds is 8. The van der Waals surface area contributed by atoms with E-state index in [1.165, 1.54) is 16.4 Å². The van der Waals surface area contributed by atoms with E-state index in [-0.39, 0.29) is 27.5 Å². The Hall–Kier alpha value is -2.89. The summed E-state index contributed by atoms with van der Waals surface area (Å²) in [6.07, 6.45) is 5.20. The topological polar surface area (TPSA) is 123 Å². The maximum atomic E-state index is 12.8. The number of anilines is 4. The van der Waals surface area contributed by atoms with Crippen molar-refractivity contribution in [3.8, 4) is 5.75 Å². The first kappa shape index (κ1) is 25.2. The number of ether oxygens (including phenoxy) is 1. The number of aromatic nitrogens is 4. The number of aryl methyl sites for hydroxylation is 1. The summed E-state index contributed by atoms with van der Waals surface area (Å²) in [5, 5.41) is 13.3. The van der Waals surface area contributed by atoms with E-state index in [1.807, 2.05) is 12.1 Å². The third-order valence-corrected chi connectivity index (χ3v) is 8.32. The molecule has 1 fully saturated rings. The van der Waals surface area contributed by atoms with Crippen LogP contribution in [0.1, 0.15) is 38.2 Å². The molecule has 0 atom stereocenters. The average molecular weight is 520 g/mol. The standard InChI is InChI=1S/C23H30ClN7O3S/c1-14(2)35(32,33)22-19(13-31(3)30-22)27-21-17(24)12-26-23(29-21)28-18-6-5-16(11-20(18)34-4)15-7-9-25-10-8-15/h5-6,11-15,25H,7-10H2,1-4H3,(H2,26,27,28,29). The second-order valence-corrected chi connectivity index (χ2v) is 11.6. The van der Waals surface area contributed by atoms with E-state index in [2.05, 4.69) is 37.1 Å². The van der Waals surface area contributed by atoms with Crippen molar-refractivity contribution in [2.24, 2.45) is 7.05 Å². The van der Waals surface area contributed by atoms with Gasteiger partial charge in [0.2, 0.25) is 20.8 Å². The summed E-state index contributed by atoms with van der Waals surface area (Å²) in [5.74, 6) is 1.72. The van der Waals surface area contributed by atoms with Crippen LogP contribution in [0.3, 0.4) is 0 Å². The van der Waals surface area contributed by atoms with Crippen LogP contribution in [0, 0.1) is 0 Å². The predicted octanol–water partition coefficient (Wildman–Crippen LogP) is 4.01. The first-order valence-electron chi connectivity index (χ1n) is 11.4. The third kappa shape index (κ3) is 5.52. The first-order chi connectivity index (χ1) is 16.7. The van der Waals surface area contributed by atoms with Gasteiger partial charge in [-0.3, -0.25) is 4.68 Å². The van der Waals surface area contributed by atoms with Gasteiger partial charge in [-0.15, -0.1) is 0 Å². The summed E-state index contributed by atoms with van der Waals surface area (Å²) in [4.78, 5) is 8.74. The molecule has 3 aromatic rings. The molecule has 0 spiro atoms. The largest absolute Gasteiger partial charge is 0.495 e. The highest BCUT2D eigenvalue weighted by Crippen LogP contribution is 2.34. The quantitative estimate of drug-likeness (QED) is 0.405. The van der Waals surface area contributed by atoms with Crippen LogP contribution in [0.2, 0.25) is 5.02 Å². The van der Waals surface area contributed by atoms with E-state index in [0.717, 1.165) is 25.9 Å². The number of halogens is 1. The van der Waals surface area contributed by atoms with E-state index in [4.69, 9.17) is 16.3 Å². The van der Waals surface area contributed by atoms with Gasteiger partial charge in [0.25, 0.3) is 0 Å². The molecule has 35 heavy (non-hydrogen) atoms. The van der Waals surface area contributed by atoms with Crippen molar-refractivity contribution >= 4 is 44.6 Å². The van der Waals surface area contributed by atoms with E-state index in [0.29, 0.717) is 17.4 Å². The van der Waals surface area contributed by atoms with Crippen LogP contribution < -0.4 is 20.7 Å². The van der Waals surface area contributed by atoms with Gasteiger partial charge in [-0.05, 0) is 63.4 Å². The fraction of sp³-hybridized carbons (Fsp3) is 0.435. The number of benzene rings is 1. The Balaban J connectivity index is 1.59. The number of sulfone groups is 1. The molecular formula is C23H30ClN7O3S. The Morgan fingerprint density at radius 3 is 2.63 bits per heavy atom. The summed E-state index contributed by atoms with van der Waals surface area (Å²) in [6, 6.07) is 6.09. The molecule has 12 heteroatoms. The normalized spacial score (nSPS) is 14.8. The smallest absolute Gasteiger partial charge is 0.229 e. The zero-order valence-electron chi connectivity index (χ0n) is 20.2. The minimum atomic E-state index is -3.62. The predicted molar refractivity (Wildman–Crippen MR) is 137 cm³/mol. The molecule has 2 aromatic heterocycles. The Bertz CT molecular complexity index is 1300. The zero-order valence-corrected chi connectivity index (χ0v) is 21.7. The molecule has 0 saturated carbocycles. The summed E-state index contributed by atoms with van der Waals surface area (Å²) in [7, 11) is -0.340. The van der Waals surface area contributed by atoms with Gasteiger partial charge in [0.15, 0.2) is 5.82 Å². The lowest BCUT2D eigenvalue weighted by Crippen LogP contribution is -2.26. The van der Waals surface area contributed by atoms with Gasteiger partial charge in [-0.2, -0.15) is 10.1 Å². The summed E-state index contributed by atoms with van der Waals surface area (Å²) in [6.45, 7) is 5.24. The fourth-order valence-corrected chi connectivity index (χ4v) is 5.21. The van der Waals surface area contributed by atoms with Crippen molar-refractivity contribution in [3.63, 3.8) is 0 Å². The van der Waals surface area contributed by atoms with Crippen LogP contribution >= 0.6 is 11.6 Å².